The number of hydrogen-bond donors (Lipinski definition) is 2. The lowest BCUT2D eigenvalue weighted by molar-refractivity contribution is -0.153. The standard InChI is InChI=1S/C24H27F6N3O4/c1-14(18-9-8-17(12-31-18)36-13-23(25,26)27)32-20(34)19(33-21(35)37-22(2,3)4)11-15-6-5-7-16(10-15)24(28,29)30/h5-10,12,14,19H,11,13H2,1-4H3,(H,32,34)(H,33,35)/t14-,19+/m1/s1. The van der Waals surface area contributed by atoms with Crippen LogP contribution in [0.2, 0.25) is 0 Å². The van der Waals surface area contributed by atoms with E-state index < -0.39 is 54.2 Å². The highest BCUT2D eigenvalue weighted by molar-refractivity contribution is 5.86. The number of hydrogen-bond acceptors (Lipinski definition) is 5. The van der Waals surface area contributed by atoms with E-state index in [4.69, 9.17) is 4.74 Å². The van der Waals surface area contributed by atoms with Crippen LogP contribution in [-0.4, -0.2) is 41.4 Å². The monoisotopic (exact) mass is 535 g/mol. The SMILES string of the molecule is C[C@@H](NC(=O)[C@H](Cc1cccc(C(F)(F)F)c1)NC(=O)OC(C)(C)C)c1ccc(OCC(F)(F)F)cn1. The largest absolute Gasteiger partial charge is 0.483 e. The predicted octanol–water partition coefficient (Wildman–Crippen LogP) is 5.35. The maximum Gasteiger partial charge on any atom is 0.422 e. The van der Waals surface area contributed by atoms with Crippen LogP contribution >= 0.6 is 0 Å². The van der Waals surface area contributed by atoms with Gasteiger partial charge in [-0.2, -0.15) is 26.3 Å². The Morgan fingerprint density at radius 1 is 1.00 bits per heavy atom. The fourth-order valence-electron chi connectivity index (χ4n) is 3.06. The van der Waals surface area contributed by atoms with Crippen molar-refractivity contribution in [1.29, 1.82) is 0 Å². The molecular formula is C24H27F6N3O4. The van der Waals surface area contributed by atoms with Crippen LogP contribution in [0.25, 0.3) is 0 Å². The third-order valence-electron chi connectivity index (χ3n) is 4.67. The molecule has 2 rings (SSSR count). The smallest absolute Gasteiger partial charge is 0.422 e. The summed E-state index contributed by atoms with van der Waals surface area (Å²) in [7, 11) is 0. The minimum absolute atomic E-state index is 0.131. The van der Waals surface area contributed by atoms with E-state index in [1.54, 1.807) is 20.8 Å². The van der Waals surface area contributed by atoms with Crippen molar-refractivity contribution in [3.05, 3.63) is 59.4 Å². The molecule has 2 atom stereocenters. The van der Waals surface area contributed by atoms with Crippen LogP contribution in [-0.2, 0) is 22.1 Å². The molecule has 0 spiro atoms. The van der Waals surface area contributed by atoms with Crippen LogP contribution in [0.1, 0.15) is 50.6 Å². The van der Waals surface area contributed by atoms with Crippen LogP contribution in [0.4, 0.5) is 31.1 Å². The molecule has 1 aromatic carbocycles. The molecule has 0 radical (unpaired) electrons. The van der Waals surface area contributed by atoms with Gasteiger partial charge in [0, 0.05) is 6.42 Å². The number of nitrogens with zero attached hydrogens (tertiary/aromatic N) is 1. The normalized spacial score (nSPS) is 13.9. The fraction of sp³-hybridized carbons (Fsp3) is 0.458. The van der Waals surface area contributed by atoms with Gasteiger partial charge in [0.05, 0.1) is 23.5 Å². The van der Waals surface area contributed by atoms with Crippen LogP contribution in [0, 0.1) is 0 Å². The molecule has 2 N–H and O–H groups in total. The van der Waals surface area contributed by atoms with Crippen LogP contribution in [0.15, 0.2) is 42.6 Å². The summed E-state index contributed by atoms with van der Waals surface area (Å²) in [4.78, 5) is 29.3. The van der Waals surface area contributed by atoms with Crippen molar-refractivity contribution in [2.24, 2.45) is 0 Å². The summed E-state index contributed by atoms with van der Waals surface area (Å²) in [5.41, 5.74) is -1.40. The lowest BCUT2D eigenvalue weighted by Gasteiger charge is -2.24. The molecule has 0 unspecified atom stereocenters. The summed E-state index contributed by atoms with van der Waals surface area (Å²) in [6.45, 7) is 4.85. The second kappa shape index (κ2) is 11.7. The Kier molecular flexibility index (Phi) is 9.39. The van der Waals surface area contributed by atoms with Gasteiger partial charge in [-0.1, -0.05) is 18.2 Å². The molecule has 13 heteroatoms. The topological polar surface area (TPSA) is 89.6 Å². The van der Waals surface area contributed by atoms with Gasteiger partial charge < -0.3 is 20.1 Å². The lowest BCUT2D eigenvalue weighted by Crippen LogP contribution is -2.49. The fourth-order valence-corrected chi connectivity index (χ4v) is 3.06. The molecule has 2 aromatic rings. The summed E-state index contributed by atoms with van der Waals surface area (Å²) in [6.07, 6.45) is -9.28. The molecule has 0 aliphatic heterocycles. The van der Waals surface area contributed by atoms with Gasteiger partial charge in [0.25, 0.3) is 0 Å². The van der Waals surface area contributed by atoms with Crippen molar-refractivity contribution in [2.75, 3.05) is 6.61 Å². The van der Waals surface area contributed by atoms with E-state index in [1.807, 2.05) is 0 Å². The Bertz CT molecular complexity index is 1070. The second-order valence-corrected chi connectivity index (χ2v) is 9.15. The van der Waals surface area contributed by atoms with Gasteiger partial charge in [0.15, 0.2) is 6.61 Å². The minimum Gasteiger partial charge on any atom is -0.483 e. The first-order valence-electron chi connectivity index (χ1n) is 11.0. The van der Waals surface area contributed by atoms with Crippen LogP contribution in [0.5, 0.6) is 5.75 Å². The average Bonchev–Trinajstić information content (AvgIpc) is 2.75. The zero-order valence-corrected chi connectivity index (χ0v) is 20.5. The maximum atomic E-state index is 13.1. The number of aromatic nitrogens is 1. The zero-order chi connectivity index (χ0) is 28.0. The number of carbonyl (C=O) groups is 2. The van der Waals surface area contributed by atoms with E-state index >= 15 is 0 Å². The highest BCUT2D eigenvalue weighted by Crippen LogP contribution is 2.30. The molecule has 0 saturated carbocycles. The van der Waals surface area contributed by atoms with Crippen LogP contribution < -0.4 is 15.4 Å². The summed E-state index contributed by atoms with van der Waals surface area (Å²) in [6, 6.07) is 4.85. The van der Waals surface area contributed by atoms with Gasteiger partial charge in [0.2, 0.25) is 5.91 Å². The van der Waals surface area contributed by atoms with E-state index in [9.17, 15) is 35.9 Å². The molecule has 0 saturated heterocycles. The van der Waals surface area contributed by atoms with E-state index in [1.165, 1.54) is 31.2 Å². The Hall–Kier alpha value is -3.51. The number of carbonyl (C=O) groups excluding carboxylic acids is 2. The van der Waals surface area contributed by atoms with E-state index in [-0.39, 0.29) is 23.4 Å². The highest BCUT2D eigenvalue weighted by atomic mass is 19.4. The predicted molar refractivity (Wildman–Crippen MR) is 121 cm³/mol. The number of pyridine rings is 1. The van der Waals surface area contributed by atoms with Crippen molar-refractivity contribution < 1.29 is 45.4 Å². The molecule has 2 amide bonds. The van der Waals surface area contributed by atoms with Gasteiger partial charge in [-0.25, -0.2) is 4.79 Å². The van der Waals surface area contributed by atoms with Crippen molar-refractivity contribution in [3.8, 4) is 5.75 Å². The van der Waals surface area contributed by atoms with Crippen molar-refractivity contribution in [1.82, 2.24) is 15.6 Å². The molecule has 204 valence electrons. The summed E-state index contributed by atoms with van der Waals surface area (Å²) >= 11 is 0. The maximum absolute atomic E-state index is 13.1. The second-order valence-electron chi connectivity index (χ2n) is 9.15. The van der Waals surface area contributed by atoms with Crippen molar-refractivity contribution in [2.45, 2.75) is 64.2 Å². The first-order valence-corrected chi connectivity index (χ1v) is 11.0. The summed E-state index contributed by atoms with van der Waals surface area (Å²) in [5, 5.41) is 4.97. The molecule has 7 nitrogen and oxygen atoms in total. The van der Waals surface area contributed by atoms with Gasteiger partial charge in [-0.15, -0.1) is 0 Å². The lowest BCUT2D eigenvalue weighted by atomic mass is 10.0. The first kappa shape index (κ1) is 29.7. The van der Waals surface area contributed by atoms with Crippen LogP contribution in [0.3, 0.4) is 0 Å². The minimum atomic E-state index is -4.59. The number of alkyl halides is 6. The molecule has 0 bridgehead atoms. The summed E-state index contributed by atoms with van der Waals surface area (Å²) < 4.78 is 86.0. The Balaban J connectivity index is 2.17. The number of alkyl carbamates (subject to hydrolysis) is 1. The third kappa shape index (κ3) is 10.6. The molecule has 1 aromatic heterocycles. The summed E-state index contributed by atoms with van der Waals surface area (Å²) in [5.74, 6) is -0.872. The van der Waals surface area contributed by atoms with Gasteiger partial charge >= 0.3 is 18.4 Å². The molecule has 37 heavy (non-hydrogen) atoms. The highest BCUT2D eigenvalue weighted by Gasteiger charge is 2.32. The third-order valence-corrected chi connectivity index (χ3v) is 4.67. The average molecular weight is 535 g/mol. The molecular weight excluding hydrogens is 508 g/mol. The Morgan fingerprint density at radius 3 is 2.22 bits per heavy atom. The number of nitrogens with one attached hydrogen (secondary N) is 2. The van der Waals surface area contributed by atoms with Crippen molar-refractivity contribution >= 4 is 12.0 Å². The van der Waals surface area contributed by atoms with Crippen molar-refractivity contribution in [3.63, 3.8) is 0 Å². The van der Waals surface area contributed by atoms with Gasteiger partial charge in [-0.05, 0) is 51.5 Å². The number of rotatable bonds is 8. The molecule has 0 aliphatic rings. The molecule has 0 aliphatic carbocycles. The quantitative estimate of drug-likeness (QED) is 0.445. The van der Waals surface area contributed by atoms with E-state index in [0.29, 0.717) is 0 Å². The van der Waals surface area contributed by atoms with E-state index in [0.717, 1.165) is 18.3 Å². The Labute approximate surface area is 209 Å². The first-order chi connectivity index (χ1) is 16.9. The number of ether oxygens (including phenoxy) is 2. The number of amides is 2. The number of halogens is 6. The van der Waals surface area contributed by atoms with Gasteiger partial charge in [0.1, 0.15) is 17.4 Å². The zero-order valence-electron chi connectivity index (χ0n) is 20.5. The molecule has 0 fully saturated rings. The molecule has 1 heterocycles. The van der Waals surface area contributed by atoms with E-state index in [2.05, 4.69) is 20.4 Å². The number of benzene rings is 1. The Morgan fingerprint density at radius 2 is 1.68 bits per heavy atom. The van der Waals surface area contributed by atoms with Gasteiger partial charge in [-0.3, -0.25) is 9.78 Å².